The van der Waals surface area contributed by atoms with Crippen molar-refractivity contribution in [3.05, 3.63) is 64.1 Å². The molecule has 126 valence electrons. The monoisotopic (exact) mass is 396 g/mol. The molecule has 0 aliphatic heterocycles. The van der Waals surface area contributed by atoms with Gasteiger partial charge in [0.2, 0.25) is 5.91 Å². The molecule has 24 heavy (non-hydrogen) atoms. The van der Waals surface area contributed by atoms with Gasteiger partial charge in [0.25, 0.3) is 5.91 Å². The minimum Gasteiger partial charge on any atom is -0.350 e. The van der Waals surface area contributed by atoms with Crippen molar-refractivity contribution in [2.75, 3.05) is 18.0 Å². The molecule has 7 heteroatoms. The fourth-order valence-electron chi connectivity index (χ4n) is 2.11. The first kappa shape index (κ1) is 18.1. The number of halogens is 3. The SMILES string of the molecule is CC(=O)N(CCNC(=O)c1ccc(Br)cc1)c1ccc(F)c(F)c1. The van der Waals surface area contributed by atoms with Gasteiger partial charge in [-0.05, 0) is 36.4 Å². The highest BCUT2D eigenvalue weighted by Gasteiger charge is 2.14. The maximum absolute atomic E-state index is 13.3. The minimum absolute atomic E-state index is 0.142. The maximum Gasteiger partial charge on any atom is 0.251 e. The van der Waals surface area contributed by atoms with Crippen molar-refractivity contribution < 1.29 is 18.4 Å². The van der Waals surface area contributed by atoms with Crippen LogP contribution >= 0.6 is 15.9 Å². The average Bonchev–Trinajstić information content (AvgIpc) is 2.54. The van der Waals surface area contributed by atoms with E-state index in [0.717, 1.165) is 16.6 Å². The highest BCUT2D eigenvalue weighted by molar-refractivity contribution is 9.10. The Balaban J connectivity index is 1.99. The van der Waals surface area contributed by atoms with Crippen LogP contribution in [-0.4, -0.2) is 24.9 Å². The standard InChI is InChI=1S/C17H15BrF2N2O2/c1-11(23)22(14-6-7-15(19)16(20)10-14)9-8-21-17(24)12-2-4-13(18)5-3-12/h2-7,10H,8-9H2,1H3,(H,21,24). The summed E-state index contributed by atoms with van der Waals surface area (Å²) in [6, 6.07) is 10.1. The minimum atomic E-state index is -1.03. The third-order valence-corrected chi connectivity index (χ3v) is 3.85. The van der Waals surface area contributed by atoms with Crippen LogP contribution in [0.5, 0.6) is 0 Å². The molecular formula is C17H15BrF2N2O2. The van der Waals surface area contributed by atoms with Crippen LogP contribution in [0.25, 0.3) is 0 Å². The number of nitrogens with zero attached hydrogens (tertiary/aromatic N) is 1. The molecule has 2 rings (SSSR count). The van der Waals surface area contributed by atoms with E-state index < -0.39 is 11.6 Å². The average molecular weight is 397 g/mol. The van der Waals surface area contributed by atoms with E-state index in [1.807, 2.05) is 0 Å². The lowest BCUT2D eigenvalue weighted by atomic mass is 10.2. The van der Waals surface area contributed by atoms with Crippen molar-refractivity contribution in [3.8, 4) is 0 Å². The van der Waals surface area contributed by atoms with Gasteiger partial charge in [-0.2, -0.15) is 0 Å². The van der Waals surface area contributed by atoms with Crippen molar-refractivity contribution >= 4 is 33.4 Å². The first-order chi connectivity index (χ1) is 11.4. The van der Waals surface area contributed by atoms with Gasteiger partial charge < -0.3 is 10.2 Å². The molecule has 0 spiro atoms. The van der Waals surface area contributed by atoms with Crippen LogP contribution in [0.2, 0.25) is 0 Å². The van der Waals surface area contributed by atoms with Gasteiger partial charge in [0, 0.05) is 41.8 Å². The third kappa shape index (κ3) is 4.61. The highest BCUT2D eigenvalue weighted by atomic mass is 79.9. The predicted octanol–water partition coefficient (Wildman–Crippen LogP) is 3.51. The second-order valence-electron chi connectivity index (χ2n) is 5.03. The number of carbonyl (C=O) groups excluding carboxylic acids is 2. The Labute approximate surface area is 146 Å². The Morgan fingerprint density at radius 1 is 1.08 bits per heavy atom. The fourth-order valence-corrected chi connectivity index (χ4v) is 2.37. The molecule has 0 saturated heterocycles. The van der Waals surface area contributed by atoms with Crippen molar-refractivity contribution in [3.63, 3.8) is 0 Å². The lowest BCUT2D eigenvalue weighted by Gasteiger charge is -2.21. The van der Waals surface area contributed by atoms with E-state index in [0.29, 0.717) is 5.56 Å². The number of benzene rings is 2. The normalized spacial score (nSPS) is 10.3. The molecule has 0 fully saturated rings. The number of carbonyl (C=O) groups is 2. The van der Waals surface area contributed by atoms with E-state index in [2.05, 4.69) is 21.2 Å². The summed E-state index contributed by atoms with van der Waals surface area (Å²) in [5.74, 6) is -2.63. The van der Waals surface area contributed by atoms with Crippen LogP contribution in [0.4, 0.5) is 14.5 Å². The Hall–Kier alpha value is -2.28. The molecule has 2 amide bonds. The van der Waals surface area contributed by atoms with Crippen LogP contribution < -0.4 is 10.2 Å². The smallest absolute Gasteiger partial charge is 0.251 e. The van der Waals surface area contributed by atoms with E-state index in [-0.39, 0.29) is 30.6 Å². The van der Waals surface area contributed by atoms with Crippen LogP contribution in [0, 0.1) is 11.6 Å². The van der Waals surface area contributed by atoms with Gasteiger partial charge in [-0.3, -0.25) is 9.59 Å². The maximum atomic E-state index is 13.3. The molecule has 4 nitrogen and oxygen atoms in total. The summed E-state index contributed by atoms with van der Waals surface area (Å²) in [4.78, 5) is 25.0. The largest absolute Gasteiger partial charge is 0.350 e. The Bertz CT molecular complexity index is 751. The summed E-state index contributed by atoms with van der Waals surface area (Å²) in [6.07, 6.45) is 0. The molecule has 0 aliphatic carbocycles. The summed E-state index contributed by atoms with van der Waals surface area (Å²) in [6.45, 7) is 1.63. The number of anilines is 1. The van der Waals surface area contributed by atoms with Gasteiger partial charge in [-0.25, -0.2) is 8.78 Å². The topological polar surface area (TPSA) is 49.4 Å². The molecule has 0 aromatic heterocycles. The first-order valence-electron chi connectivity index (χ1n) is 7.15. The van der Waals surface area contributed by atoms with Gasteiger partial charge in [0.05, 0.1) is 0 Å². The zero-order valence-electron chi connectivity index (χ0n) is 12.9. The van der Waals surface area contributed by atoms with Crippen molar-refractivity contribution in [1.82, 2.24) is 5.32 Å². The molecule has 1 N–H and O–H groups in total. The van der Waals surface area contributed by atoms with Crippen LogP contribution in [0.15, 0.2) is 46.9 Å². The van der Waals surface area contributed by atoms with Gasteiger partial charge in [-0.15, -0.1) is 0 Å². The first-order valence-corrected chi connectivity index (χ1v) is 7.94. The summed E-state index contributed by atoms with van der Waals surface area (Å²) in [7, 11) is 0. The third-order valence-electron chi connectivity index (χ3n) is 3.32. The highest BCUT2D eigenvalue weighted by Crippen LogP contribution is 2.18. The second-order valence-corrected chi connectivity index (χ2v) is 5.95. The molecule has 0 aliphatic rings. The van der Waals surface area contributed by atoms with Crippen molar-refractivity contribution in [1.29, 1.82) is 0 Å². The number of amides is 2. The second kappa shape index (κ2) is 8.01. The van der Waals surface area contributed by atoms with Gasteiger partial charge in [0.1, 0.15) is 0 Å². The molecule has 0 saturated carbocycles. The predicted molar refractivity (Wildman–Crippen MR) is 90.9 cm³/mol. The van der Waals surface area contributed by atoms with Crippen molar-refractivity contribution in [2.24, 2.45) is 0 Å². The van der Waals surface area contributed by atoms with Gasteiger partial charge in [-0.1, -0.05) is 15.9 Å². The van der Waals surface area contributed by atoms with Gasteiger partial charge >= 0.3 is 0 Å². The lowest BCUT2D eigenvalue weighted by molar-refractivity contribution is -0.116. The van der Waals surface area contributed by atoms with Crippen molar-refractivity contribution in [2.45, 2.75) is 6.92 Å². The van der Waals surface area contributed by atoms with Crippen LogP contribution in [0.3, 0.4) is 0 Å². The van der Waals surface area contributed by atoms with Crippen LogP contribution in [-0.2, 0) is 4.79 Å². The number of rotatable bonds is 5. The Kier molecular flexibility index (Phi) is 6.03. The zero-order valence-corrected chi connectivity index (χ0v) is 14.4. The molecule has 2 aromatic rings. The summed E-state index contributed by atoms with van der Waals surface area (Å²) >= 11 is 3.29. The van der Waals surface area contributed by atoms with E-state index in [4.69, 9.17) is 0 Å². The van der Waals surface area contributed by atoms with Gasteiger partial charge in [0.15, 0.2) is 11.6 Å². The number of nitrogens with one attached hydrogen (secondary N) is 1. The molecule has 0 atom stereocenters. The fraction of sp³-hybridized carbons (Fsp3) is 0.176. The molecular weight excluding hydrogens is 382 g/mol. The summed E-state index contributed by atoms with van der Waals surface area (Å²) in [5, 5.41) is 2.68. The van der Waals surface area contributed by atoms with Crippen LogP contribution in [0.1, 0.15) is 17.3 Å². The molecule has 0 radical (unpaired) electrons. The molecule has 2 aromatic carbocycles. The lowest BCUT2D eigenvalue weighted by Crippen LogP contribution is -2.37. The zero-order chi connectivity index (χ0) is 17.7. The Morgan fingerprint density at radius 3 is 2.33 bits per heavy atom. The number of hydrogen-bond acceptors (Lipinski definition) is 2. The number of hydrogen-bond donors (Lipinski definition) is 1. The van der Waals surface area contributed by atoms with E-state index in [9.17, 15) is 18.4 Å². The Morgan fingerprint density at radius 2 is 1.75 bits per heavy atom. The summed E-state index contributed by atoms with van der Waals surface area (Å²) in [5.41, 5.74) is 0.722. The van der Waals surface area contributed by atoms with E-state index in [1.165, 1.54) is 17.9 Å². The van der Waals surface area contributed by atoms with E-state index in [1.54, 1.807) is 24.3 Å². The van der Waals surface area contributed by atoms with E-state index >= 15 is 0 Å². The molecule has 0 bridgehead atoms. The summed E-state index contributed by atoms with van der Waals surface area (Å²) < 4.78 is 27.2. The molecule has 0 unspecified atom stereocenters. The molecule has 0 heterocycles. The quantitative estimate of drug-likeness (QED) is 0.840.